The first-order valence-corrected chi connectivity index (χ1v) is 5.38. The topological polar surface area (TPSA) is 40.5 Å². The second-order valence-electron chi connectivity index (χ2n) is 3.65. The highest BCUT2D eigenvalue weighted by Gasteiger charge is 2.19. The minimum absolute atomic E-state index is 0.0220. The van der Waals surface area contributed by atoms with Gasteiger partial charge in [0.05, 0.1) is 0 Å². The van der Waals surface area contributed by atoms with Gasteiger partial charge in [0.25, 0.3) is 0 Å². The number of nitrogens with zero attached hydrogens (tertiary/aromatic N) is 1. The zero-order chi connectivity index (χ0) is 10.8. The van der Waals surface area contributed by atoms with Gasteiger partial charge in [-0.15, -0.1) is 11.6 Å². The normalized spacial score (nSPS) is 14.9. The average Bonchev–Trinajstić information content (AvgIpc) is 2.27. The van der Waals surface area contributed by atoms with E-state index in [9.17, 15) is 9.90 Å². The van der Waals surface area contributed by atoms with Crippen LogP contribution in [-0.4, -0.2) is 28.3 Å². The fourth-order valence-electron chi connectivity index (χ4n) is 1.84. The molecule has 0 aromatic heterocycles. The predicted octanol–water partition coefficient (Wildman–Crippen LogP) is 1.52. The largest absolute Gasteiger partial charge is 0.508 e. The molecule has 1 amide bonds. The summed E-state index contributed by atoms with van der Waals surface area (Å²) in [6, 6.07) is 5.30. The SMILES string of the molecule is O=C(CCl)N1CCc2ccc(O)cc2C1. The maximum absolute atomic E-state index is 11.4. The molecule has 0 atom stereocenters. The number of phenolic OH excluding ortho intramolecular Hbond substituents is 1. The molecule has 0 bridgehead atoms. The van der Waals surface area contributed by atoms with Gasteiger partial charge in [-0.3, -0.25) is 4.79 Å². The summed E-state index contributed by atoms with van der Waals surface area (Å²) in [4.78, 5) is 13.1. The molecule has 0 fully saturated rings. The molecule has 80 valence electrons. The number of hydrogen-bond donors (Lipinski definition) is 1. The third kappa shape index (κ3) is 2.07. The highest BCUT2D eigenvalue weighted by atomic mass is 35.5. The molecule has 1 aliphatic heterocycles. The highest BCUT2D eigenvalue weighted by molar-refractivity contribution is 6.27. The van der Waals surface area contributed by atoms with Gasteiger partial charge in [-0.05, 0) is 29.7 Å². The predicted molar refractivity (Wildman–Crippen MR) is 57.9 cm³/mol. The Kier molecular flexibility index (Phi) is 2.82. The smallest absolute Gasteiger partial charge is 0.237 e. The van der Waals surface area contributed by atoms with Crippen molar-refractivity contribution in [2.45, 2.75) is 13.0 Å². The lowest BCUT2D eigenvalue weighted by molar-refractivity contribution is -0.129. The van der Waals surface area contributed by atoms with Gasteiger partial charge in [-0.2, -0.15) is 0 Å². The van der Waals surface area contributed by atoms with Gasteiger partial charge in [0.15, 0.2) is 0 Å². The van der Waals surface area contributed by atoms with E-state index < -0.39 is 0 Å². The van der Waals surface area contributed by atoms with Gasteiger partial charge in [-0.25, -0.2) is 0 Å². The molecule has 1 aliphatic rings. The second kappa shape index (κ2) is 4.11. The van der Waals surface area contributed by atoms with Crippen molar-refractivity contribution in [3.05, 3.63) is 29.3 Å². The fraction of sp³-hybridized carbons (Fsp3) is 0.364. The first-order valence-electron chi connectivity index (χ1n) is 4.85. The molecule has 0 saturated heterocycles. The Morgan fingerprint density at radius 3 is 3.00 bits per heavy atom. The van der Waals surface area contributed by atoms with Gasteiger partial charge in [0.1, 0.15) is 11.6 Å². The van der Waals surface area contributed by atoms with E-state index in [0.717, 1.165) is 12.0 Å². The number of aromatic hydroxyl groups is 1. The summed E-state index contributed by atoms with van der Waals surface area (Å²) in [6.07, 6.45) is 0.832. The molecule has 1 heterocycles. The second-order valence-corrected chi connectivity index (χ2v) is 3.92. The first-order chi connectivity index (χ1) is 7.20. The molecule has 1 aromatic carbocycles. The third-order valence-corrected chi connectivity index (χ3v) is 2.90. The summed E-state index contributed by atoms with van der Waals surface area (Å²) < 4.78 is 0. The molecule has 3 nitrogen and oxygen atoms in total. The van der Waals surface area contributed by atoms with Crippen LogP contribution < -0.4 is 0 Å². The van der Waals surface area contributed by atoms with Gasteiger partial charge in [0, 0.05) is 13.1 Å². The lowest BCUT2D eigenvalue weighted by Crippen LogP contribution is -2.36. The van der Waals surface area contributed by atoms with Gasteiger partial charge < -0.3 is 10.0 Å². The maximum Gasteiger partial charge on any atom is 0.237 e. The van der Waals surface area contributed by atoms with E-state index >= 15 is 0 Å². The zero-order valence-corrected chi connectivity index (χ0v) is 9.00. The minimum Gasteiger partial charge on any atom is -0.508 e. The summed E-state index contributed by atoms with van der Waals surface area (Å²) in [5.41, 5.74) is 2.21. The Labute approximate surface area is 93.3 Å². The van der Waals surface area contributed by atoms with Crippen LogP contribution >= 0.6 is 11.6 Å². The monoisotopic (exact) mass is 225 g/mol. The highest BCUT2D eigenvalue weighted by Crippen LogP contribution is 2.23. The van der Waals surface area contributed by atoms with E-state index in [0.29, 0.717) is 13.1 Å². The number of halogens is 1. The van der Waals surface area contributed by atoms with E-state index in [4.69, 9.17) is 11.6 Å². The van der Waals surface area contributed by atoms with Crippen LogP contribution in [0, 0.1) is 0 Å². The number of hydrogen-bond acceptors (Lipinski definition) is 2. The summed E-state index contributed by atoms with van der Waals surface area (Å²) in [5, 5.41) is 9.34. The lowest BCUT2D eigenvalue weighted by Gasteiger charge is -2.28. The van der Waals surface area contributed by atoms with Gasteiger partial charge >= 0.3 is 0 Å². The van der Waals surface area contributed by atoms with Crippen LogP contribution in [0.2, 0.25) is 0 Å². The number of phenols is 1. The van der Waals surface area contributed by atoms with Crippen molar-refractivity contribution in [3.63, 3.8) is 0 Å². The number of fused-ring (bicyclic) bond motifs is 1. The zero-order valence-electron chi connectivity index (χ0n) is 8.24. The Morgan fingerprint density at radius 1 is 1.47 bits per heavy atom. The van der Waals surface area contributed by atoms with Crippen molar-refractivity contribution in [2.75, 3.05) is 12.4 Å². The molecule has 1 N–H and O–H groups in total. The van der Waals surface area contributed by atoms with Crippen molar-refractivity contribution in [1.29, 1.82) is 0 Å². The molecule has 4 heteroatoms. The molecular formula is C11H12ClNO2. The van der Waals surface area contributed by atoms with Gasteiger partial charge in [-0.1, -0.05) is 6.07 Å². The molecule has 0 radical (unpaired) electrons. The Hall–Kier alpha value is -1.22. The van der Waals surface area contributed by atoms with Crippen LogP contribution in [0.3, 0.4) is 0 Å². The number of benzene rings is 1. The Bertz CT molecular complexity index is 392. The van der Waals surface area contributed by atoms with Gasteiger partial charge in [0.2, 0.25) is 5.91 Å². The summed E-state index contributed by atoms with van der Waals surface area (Å²) in [6.45, 7) is 1.26. The summed E-state index contributed by atoms with van der Waals surface area (Å²) >= 11 is 5.50. The third-order valence-electron chi connectivity index (χ3n) is 2.67. The molecule has 0 saturated carbocycles. The molecule has 0 aliphatic carbocycles. The molecule has 2 rings (SSSR count). The first kappa shape index (κ1) is 10.3. The molecule has 0 unspecified atom stereocenters. The van der Waals surface area contributed by atoms with Crippen molar-refractivity contribution >= 4 is 17.5 Å². The van der Waals surface area contributed by atoms with E-state index in [1.165, 1.54) is 5.56 Å². The number of amides is 1. The quantitative estimate of drug-likeness (QED) is 0.737. The average molecular weight is 226 g/mol. The van der Waals surface area contributed by atoms with E-state index in [1.54, 1.807) is 17.0 Å². The van der Waals surface area contributed by atoms with Crippen LogP contribution in [0.15, 0.2) is 18.2 Å². The van der Waals surface area contributed by atoms with Crippen LogP contribution in [0.5, 0.6) is 5.75 Å². The summed E-state index contributed by atoms with van der Waals surface area (Å²) in [5.74, 6) is 0.216. The number of rotatable bonds is 1. The molecule has 0 spiro atoms. The van der Waals surface area contributed by atoms with E-state index in [2.05, 4.69) is 0 Å². The summed E-state index contributed by atoms with van der Waals surface area (Å²) in [7, 11) is 0. The lowest BCUT2D eigenvalue weighted by atomic mass is 9.99. The Morgan fingerprint density at radius 2 is 2.27 bits per heavy atom. The molecule has 15 heavy (non-hydrogen) atoms. The molecular weight excluding hydrogens is 214 g/mol. The maximum atomic E-state index is 11.4. The van der Waals surface area contributed by atoms with Crippen molar-refractivity contribution in [1.82, 2.24) is 4.90 Å². The van der Waals surface area contributed by atoms with Crippen LogP contribution in [0.1, 0.15) is 11.1 Å². The van der Waals surface area contributed by atoms with Crippen molar-refractivity contribution in [3.8, 4) is 5.75 Å². The number of carbonyl (C=O) groups excluding carboxylic acids is 1. The molecule has 1 aromatic rings. The van der Waals surface area contributed by atoms with Crippen LogP contribution in [0.25, 0.3) is 0 Å². The van der Waals surface area contributed by atoms with Crippen LogP contribution in [0.4, 0.5) is 0 Å². The minimum atomic E-state index is -0.0503. The fourth-order valence-corrected chi connectivity index (χ4v) is 2.01. The number of carbonyl (C=O) groups is 1. The standard InChI is InChI=1S/C11H12ClNO2/c12-6-11(15)13-4-3-8-1-2-10(14)5-9(8)7-13/h1-2,5,14H,3-4,6-7H2. The van der Waals surface area contributed by atoms with Crippen molar-refractivity contribution in [2.24, 2.45) is 0 Å². The van der Waals surface area contributed by atoms with E-state index in [1.807, 2.05) is 6.07 Å². The van der Waals surface area contributed by atoms with E-state index in [-0.39, 0.29) is 17.5 Å². The number of alkyl halides is 1. The van der Waals surface area contributed by atoms with Crippen LogP contribution in [-0.2, 0) is 17.8 Å². The Balaban J connectivity index is 2.22. The van der Waals surface area contributed by atoms with Crippen molar-refractivity contribution < 1.29 is 9.90 Å².